The molecule has 2 aliphatic heterocycles. The van der Waals surface area contributed by atoms with E-state index in [4.69, 9.17) is 0 Å². The van der Waals surface area contributed by atoms with Crippen LogP contribution in [-0.4, -0.2) is 76.7 Å². The number of benzene rings is 1. The molecule has 4 rings (SSSR count). The Hall–Kier alpha value is -2.96. The van der Waals surface area contributed by atoms with Crippen LogP contribution in [0.2, 0.25) is 0 Å². The number of fused-ring (bicyclic) bond motifs is 1. The molecule has 2 saturated heterocycles. The molecule has 0 N–H and O–H groups in total. The molecule has 0 radical (unpaired) electrons. The highest BCUT2D eigenvalue weighted by Gasteiger charge is 2.32. The van der Waals surface area contributed by atoms with Crippen LogP contribution in [0.25, 0.3) is 10.9 Å². The van der Waals surface area contributed by atoms with Crippen molar-refractivity contribution in [3.05, 3.63) is 42.1 Å². The van der Waals surface area contributed by atoms with E-state index in [1.54, 1.807) is 27.0 Å². The van der Waals surface area contributed by atoms with Crippen LogP contribution in [0.4, 0.5) is 0 Å². The number of nitrogens with zero attached hydrogens (tertiary/aromatic N) is 4. The van der Waals surface area contributed by atoms with Gasteiger partial charge in [-0.3, -0.25) is 19.4 Å². The first kappa shape index (κ1) is 17.5. The number of likely N-dealkylation sites (tertiary alicyclic amines) is 1. The van der Waals surface area contributed by atoms with E-state index < -0.39 is 11.8 Å². The van der Waals surface area contributed by atoms with Gasteiger partial charge in [0.25, 0.3) is 5.91 Å². The maximum Gasteiger partial charge on any atom is 0.312 e. The van der Waals surface area contributed by atoms with Crippen molar-refractivity contribution in [2.75, 3.05) is 39.3 Å². The molecule has 3 amide bonds. The average Bonchev–Trinajstić information content (AvgIpc) is 3.27. The Bertz CT molecular complexity index is 878. The smallest absolute Gasteiger partial charge is 0.312 e. The van der Waals surface area contributed by atoms with E-state index in [1.807, 2.05) is 24.3 Å². The molecule has 7 nitrogen and oxygen atoms in total. The van der Waals surface area contributed by atoms with E-state index in [-0.39, 0.29) is 5.91 Å². The molecule has 1 aromatic carbocycles. The second kappa shape index (κ2) is 7.34. The molecule has 0 spiro atoms. The van der Waals surface area contributed by atoms with Crippen LogP contribution < -0.4 is 0 Å². The number of piperazine rings is 1. The highest BCUT2D eigenvalue weighted by atomic mass is 16.2. The van der Waals surface area contributed by atoms with Gasteiger partial charge < -0.3 is 14.7 Å². The van der Waals surface area contributed by atoms with Crippen LogP contribution >= 0.6 is 0 Å². The molecule has 3 heterocycles. The lowest BCUT2D eigenvalue weighted by Crippen LogP contribution is -2.54. The number of carbonyl (C=O) groups excluding carboxylic acids is 3. The maximum atomic E-state index is 12.9. The number of hydrogen-bond acceptors (Lipinski definition) is 4. The van der Waals surface area contributed by atoms with Crippen molar-refractivity contribution in [2.45, 2.75) is 12.8 Å². The highest BCUT2D eigenvalue weighted by Crippen LogP contribution is 2.19. The van der Waals surface area contributed by atoms with Crippen molar-refractivity contribution >= 4 is 28.6 Å². The Morgan fingerprint density at radius 3 is 2.04 bits per heavy atom. The van der Waals surface area contributed by atoms with Gasteiger partial charge in [0.15, 0.2) is 0 Å². The van der Waals surface area contributed by atoms with Crippen molar-refractivity contribution in [3.8, 4) is 0 Å². The average molecular weight is 366 g/mol. The highest BCUT2D eigenvalue weighted by molar-refractivity contribution is 6.35. The predicted molar refractivity (Wildman–Crippen MR) is 100 cm³/mol. The van der Waals surface area contributed by atoms with Crippen LogP contribution in [0.3, 0.4) is 0 Å². The topological polar surface area (TPSA) is 73.8 Å². The summed E-state index contributed by atoms with van der Waals surface area (Å²) in [4.78, 5) is 46.9. The number of rotatable bonds is 1. The molecule has 27 heavy (non-hydrogen) atoms. The minimum atomic E-state index is -0.448. The third-order valence-corrected chi connectivity index (χ3v) is 5.29. The SMILES string of the molecule is O=C(C(=O)N1CCN(C(=O)c2cccc3cccnc23)CC1)N1CCCC1. The molecule has 0 saturated carbocycles. The number of carbonyl (C=O) groups is 3. The molecule has 0 aliphatic carbocycles. The molecule has 1 aromatic heterocycles. The summed E-state index contributed by atoms with van der Waals surface area (Å²) in [5, 5.41) is 0.924. The molecule has 2 aliphatic rings. The van der Waals surface area contributed by atoms with Gasteiger partial charge in [0.05, 0.1) is 11.1 Å². The van der Waals surface area contributed by atoms with Gasteiger partial charge in [-0.15, -0.1) is 0 Å². The minimum Gasteiger partial charge on any atom is -0.335 e. The summed E-state index contributed by atoms with van der Waals surface area (Å²) < 4.78 is 0. The van der Waals surface area contributed by atoms with E-state index in [2.05, 4.69) is 4.98 Å². The minimum absolute atomic E-state index is 0.0859. The molecule has 0 atom stereocenters. The van der Waals surface area contributed by atoms with E-state index in [1.165, 1.54) is 0 Å². The lowest BCUT2D eigenvalue weighted by atomic mass is 10.1. The Morgan fingerprint density at radius 1 is 0.741 bits per heavy atom. The third kappa shape index (κ3) is 3.37. The summed E-state index contributed by atoms with van der Waals surface area (Å²) >= 11 is 0. The van der Waals surface area contributed by atoms with Gasteiger partial charge in [0.2, 0.25) is 0 Å². The van der Waals surface area contributed by atoms with E-state index in [0.717, 1.165) is 18.2 Å². The molecule has 0 unspecified atom stereocenters. The summed E-state index contributed by atoms with van der Waals surface area (Å²) in [6, 6.07) is 9.34. The molecule has 7 heteroatoms. The summed E-state index contributed by atoms with van der Waals surface area (Å²) in [5.41, 5.74) is 1.26. The van der Waals surface area contributed by atoms with Crippen LogP contribution in [0.15, 0.2) is 36.5 Å². The number of para-hydroxylation sites is 1. The van der Waals surface area contributed by atoms with Gasteiger partial charge in [-0.2, -0.15) is 0 Å². The molecular formula is C20H22N4O3. The van der Waals surface area contributed by atoms with Crippen LogP contribution in [0, 0.1) is 0 Å². The summed E-state index contributed by atoms with van der Waals surface area (Å²) in [7, 11) is 0. The summed E-state index contributed by atoms with van der Waals surface area (Å²) in [6.45, 7) is 2.92. The Kier molecular flexibility index (Phi) is 4.75. The second-order valence-corrected chi connectivity index (χ2v) is 6.96. The number of pyridine rings is 1. The van der Waals surface area contributed by atoms with Crippen molar-refractivity contribution in [1.82, 2.24) is 19.7 Å². The molecule has 0 bridgehead atoms. The normalized spacial score (nSPS) is 17.4. The third-order valence-electron chi connectivity index (χ3n) is 5.29. The number of hydrogen-bond donors (Lipinski definition) is 0. The van der Waals surface area contributed by atoms with Crippen LogP contribution in [0.5, 0.6) is 0 Å². The standard InChI is InChI=1S/C20H22N4O3/c25-18(16-7-3-5-15-6-4-8-21-17(15)16)23-11-13-24(14-12-23)20(27)19(26)22-9-1-2-10-22/h3-8H,1-2,9-14H2. The van der Waals surface area contributed by atoms with Gasteiger partial charge in [0.1, 0.15) is 0 Å². The van der Waals surface area contributed by atoms with E-state index in [0.29, 0.717) is 50.3 Å². The second-order valence-electron chi connectivity index (χ2n) is 6.96. The number of amides is 3. The zero-order valence-corrected chi connectivity index (χ0v) is 15.1. The zero-order chi connectivity index (χ0) is 18.8. The predicted octanol–water partition coefficient (Wildman–Crippen LogP) is 1.14. The first-order valence-electron chi connectivity index (χ1n) is 9.36. The Balaban J connectivity index is 1.42. The molecule has 2 aromatic rings. The largest absolute Gasteiger partial charge is 0.335 e. The Morgan fingerprint density at radius 2 is 1.33 bits per heavy atom. The first-order valence-corrected chi connectivity index (χ1v) is 9.36. The fourth-order valence-electron chi connectivity index (χ4n) is 3.75. The maximum absolute atomic E-state index is 12.9. The van der Waals surface area contributed by atoms with Gasteiger partial charge in [-0.1, -0.05) is 18.2 Å². The quantitative estimate of drug-likeness (QED) is 0.710. The molecule has 140 valence electrons. The summed E-state index contributed by atoms with van der Waals surface area (Å²) in [5.74, 6) is -0.946. The molecular weight excluding hydrogens is 344 g/mol. The fraction of sp³-hybridized carbons (Fsp3) is 0.400. The van der Waals surface area contributed by atoms with Gasteiger partial charge in [-0.05, 0) is 25.0 Å². The van der Waals surface area contributed by atoms with Gasteiger partial charge in [-0.25, -0.2) is 0 Å². The van der Waals surface area contributed by atoms with Crippen LogP contribution in [0.1, 0.15) is 23.2 Å². The fourth-order valence-corrected chi connectivity index (χ4v) is 3.75. The van der Waals surface area contributed by atoms with Crippen LogP contribution in [-0.2, 0) is 9.59 Å². The monoisotopic (exact) mass is 366 g/mol. The van der Waals surface area contributed by atoms with Crippen molar-refractivity contribution in [3.63, 3.8) is 0 Å². The molecule has 2 fully saturated rings. The van der Waals surface area contributed by atoms with Crippen molar-refractivity contribution < 1.29 is 14.4 Å². The van der Waals surface area contributed by atoms with E-state index >= 15 is 0 Å². The lowest BCUT2D eigenvalue weighted by molar-refractivity contribution is -0.152. The lowest BCUT2D eigenvalue weighted by Gasteiger charge is -2.35. The summed E-state index contributed by atoms with van der Waals surface area (Å²) in [6.07, 6.45) is 3.60. The Labute approximate surface area is 157 Å². The zero-order valence-electron chi connectivity index (χ0n) is 15.1. The van der Waals surface area contributed by atoms with Gasteiger partial charge in [0, 0.05) is 50.9 Å². The first-order chi connectivity index (χ1) is 13.1. The van der Waals surface area contributed by atoms with E-state index in [9.17, 15) is 14.4 Å². The number of aromatic nitrogens is 1. The van der Waals surface area contributed by atoms with Crippen molar-refractivity contribution in [1.29, 1.82) is 0 Å². The van der Waals surface area contributed by atoms with Gasteiger partial charge >= 0.3 is 11.8 Å². The van der Waals surface area contributed by atoms with Crippen molar-refractivity contribution in [2.24, 2.45) is 0 Å².